The van der Waals surface area contributed by atoms with Gasteiger partial charge in [-0.05, 0) is 39.1 Å². The van der Waals surface area contributed by atoms with Gasteiger partial charge in [-0.1, -0.05) is 6.07 Å². The van der Waals surface area contributed by atoms with Crippen molar-refractivity contribution in [3.8, 4) is 11.5 Å². The number of hydrogen-bond donors (Lipinski definition) is 1. The van der Waals surface area contributed by atoms with Gasteiger partial charge in [0, 0.05) is 25.3 Å². The van der Waals surface area contributed by atoms with Gasteiger partial charge >= 0.3 is 0 Å². The monoisotopic (exact) mass is 320 g/mol. The van der Waals surface area contributed by atoms with Gasteiger partial charge in [-0.25, -0.2) is 0 Å². The zero-order valence-electron chi connectivity index (χ0n) is 13.8. The van der Waals surface area contributed by atoms with Crippen LogP contribution in [0.2, 0.25) is 0 Å². The summed E-state index contributed by atoms with van der Waals surface area (Å²) in [6, 6.07) is 5.42. The third kappa shape index (κ3) is 3.28. The van der Waals surface area contributed by atoms with Crippen molar-refractivity contribution in [2.45, 2.75) is 18.4 Å². The van der Waals surface area contributed by atoms with Gasteiger partial charge in [0.1, 0.15) is 13.2 Å². The number of fused-ring (bicyclic) bond motifs is 1. The van der Waals surface area contributed by atoms with Gasteiger partial charge in [0.15, 0.2) is 11.5 Å². The number of nitrogens with one attached hydrogen (secondary N) is 1. The number of likely N-dealkylation sites (N-methyl/N-ethyl adjacent to an activating group) is 1. The molecule has 1 aromatic rings. The van der Waals surface area contributed by atoms with Gasteiger partial charge in [-0.3, -0.25) is 4.79 Å². The first kappa shape index (κ1) is 16.1. The second-order valence-corrected chi connectivity index (χ2v) is 6.24. The SMILES string of the molecule is CN(C)C1(CNC(=O)c2cccc3c2OCCO3)CCOCC1. The Bertz CT molecular complexity index is 568. The molecule has 0 radical (unpaired) electrons. The molecular weight excluding hydrogens is 296 g/mol. The number of hydrogen-bond acceptors (Lipinski definition) is 5. The van der Waals surface area contributed by atoms with Gasteiger partial charge in [0.25, 0.3) is 5.91 Å². The van der Waals surface area contributed by atoms with Crippen LogP contribution in [0.25, 0.3) is 0 Å². The summed E-state index contributed by atoms with van der Waals surface area (Å²) >= 11 is 0. The van der Waals surface area contributed by atoms with E-state index in [1.807, 2.05) is 12.1 Å². The van der Waals surface area contributed by atoms with Crippen LogP contribution in [0.4, 0.5) is 0 Å². The number of carbonyl (C=O) groups is 1. The van der Waals surface area contributed by atoms with Crippen molar-refractivity contribution < 1.29 is 19.0 Å². The molecule has 6 heteroatoms. The lowest BCUT2D eigenvalue weighted by Crippen LogP contribution is -2.55. The molecule has 23 heavy (non-hydrogen) atoms. The Morgan fingerprint density at radius 3 is 2.65 bits per heavy atom. The molecule has 1 fully saturated rings. The van der Waals surface area contributed by atoms with E-state index in [-0.39, 0.29) is 11.4 Å². The zero-order chi connectivity index (χ0) is 16.3. The van der Waals surface area contributed by atoms with E-state index in [9.17, 15) is 4.79 Å². The summed E-state index contributed by atoms with van der Waals surface area (Å²) in [5.41, 5.74) is 0.475. The molecule has 0 bridgehead atoms. The van der Waals surface area contributed by atoms with Gasteiger partial charge in [0.05, 0.1) is 5.56 Å². The predicted molar refractivity (Wildman–Crippen MR) is 86.2 cm³/mol. The highest BCUT2D eigenvalue weighted by Crippen LogP contribution is 2.33. The lowest BCUT2D eigenvalue weighted by molar-refractivity contribution is -0.00660. The highest BCUT2D eigenvalue weighted by Gasteiger charge is 2.35. The van der Waals surface area contributed by atoms with E-state index in [0.29, 0.717) is 36.8 Å². The third-order valence-electron chi connectivity index (χ3n) is 4.76. The first-order valence-electron chi connectivity index (χ1n) is 8.04. The Morgan fingerprint density at radius 2 is 1.91 bits per heavy atom. The average Bonchev–Trinajstić information content (AvgIpc) is 2.60. The maximum absolute atomic E-state index is 12.6. The predicted octanol–water partition coefficient (Wildman–Crippen LogP) is 1.30. The van der Waals surface area contributed by atoms with Crippen LogP contribution in [0.3, 0.4) is 0 Å². The zero-order valence-corrected chi connectivity index (χ0v) is 13.8. The molecule has 0 spiro atoms. The Kier molecular flexibility index (Phi) is 4.73. The number of carbonyl (C=O) groups excluding carboxylic acids is 1. The highest BCUT2D eigenvalue weighted by molar-refractivity contribution is 5.97. The first-order chi connectivity index (χ1) is 11.1. The Balaban J connectivity index is 1.72. The number of ether oxygens (including phenoxy) is 3. The summed E-state index contributed by atoms with van der Waals surface area (Å²) in [6.07, 6.45) is 1.82. The molecule has 1 amide bonds. The van der Waals surface area contributed by atoms with Crippen LogP contribution in [-0.2, 0) is 4.74 Å². The smallest absolute Gasteiger partial charge is 0.255 e. The van der Waals surface area contributed by atoms with Crippen molar-refractivity contribution in [2.75, 3.05) is 47.1 Å². The largest absolute Gasteiger partial charge is 0.486 e. The van der Waals surface area contributed by atoms with Crippen molar-refractivity contribution in [1.82, 2.24) is 10.2 Å². The Morgan fingerprint density at radius 1 is 1.17 bits per heavy atom. The summed E-state index contributed by atoms with van der Waals surface area (Å²) in [5, 5.41) is 3.07. The van der Waals surface area contributed by atoms with Crippen LogP contribution in [0.15, 0.2) is 18.2 Å². The summed E-state index contributed by atoms with van der Waals surface area (Å²) in [4.78, 5) is 14.8. The molecule has 0 unspecified atom stereocenters. The first-order valence-corrected chi connectivity index (χ1v) is 8.04. The molecule has 0 atom stereocenters. The number of para-hydroxylation sites is 1. The minimum absolute atomic E-state index is 0.0554. The van der Waals surface area contributed by atoms with Gasteiger partial charge in [0.2, 0.25) is 0 Å². The van der Waals surface area contributed by atoms with E-state index >= 15 is 0 Å². The van der Waals surface area contributed by atoms with Crippen molar-refractivity contribution in [3.63, 3.8) is 0 Å². The molecule has 2 heterocycles. The van der Waals surface area contributed by atoms with Gasteiger partial charge in [-0.2, -0.15) is 0 Å². The van der Waals surface area contributed by atoms with E-state index < -0.39 is 0 Å². The van der Waals surface area contributed by atoms with Crippen LogP contribution in [0.5, 0.6) is 11.5 Å². The maximum Gasteiger partial charge on any atom is 0.255 e. The minimum Gasteiger partial charge on any atom is -0.486 e. The molecular formula is C17H24N2O4. The standard InChI is InChI=1S/C17H24N2O4/c1-19(2)17(6-8-21-9-7-17)12-18-16(20)13-4-3-5-14-15(13)23-11-10-22-14/h3-5H,6-12H2,1-2H3,(H,18,20). The minimum atomic E-state index is -0.125. The summed E-state index contributed by atoms with van der Waals surface area (Å²) in [5.74, 6) is 1.06. The Hall–Kier alpha value is -1.79. The van der Waals surface area contributed by atoms with Crippen LogP contribution in [0.1, 0.15) is 23.2 Å². The van der Waals surface area contributed by atoms with Crippen LogP contribution >= 0.6 is 0 Å². The molecule has 0 saturated carbocycles. The molecule has 2 aliphatic rings. The topological polar surface area (TPSA) is 60.0 Å². The fourth-order valence-electron chi connectivity index (χ4n) is 3.13. The number of amides is 1. The second-order valence-electron chi connectivity index (χ2n) is 6.24. The molecule has 2 aliphatic heterocycles. The number of benzene rings is 1. The van der Waals surface area contributed by atoms with E-state index in [2.05, 4.69) is 24.3 Å². The fourth-order valence-corrected chi connectivity index (χ4v) is 3.13. The maximum atomic E-state index is 12.6. The fraction of sp³-hybridized carbons (Fsp3) is 0.588. The van der Waals surface area contributed by atoms with E-state index in [1.165, 1.54) is 0 Å². The van der Waals surface area contributed by atoms with Crippen molar-refractivity contribution in [2.24, 2.45) is 0 Å². The highest BCUT2D eigenvalue weighted by atomic mass is 16.6. The number of rotatable bonds is 4. The molecule has 1 N–H and O–H groups in total. The van der Waals surface area contributed by atoms with Crippen molar-refractivity contribution >= 4 is 5.91 Å². The third-order valence-corrected chi connectivity index (χ3v) is 4.76. The number of nitrogens with zero attached hydrogens (tertiary/aromatic N) is 1. The summed E-state index contributed by atoms with van der Waals surface area (Å²) in [7, 11) is 4.11. The average molecular weight is 320 g/mol. The second kappa shape index (κ2) is 6.76. The summed E-state index contributed by atoms with van der Waals surface area (Å²) in [6.45, 7) is 3.03. The lowest BCUT2D eigenvalue weighted by Gasteiger charge is -2.42. The van der Waals surface area contributed by atoms with Crippen molar-refractivity contribution in [3.05, 3.63) is 23.8 Å². The molecule has 1 aromatic carbocycles. The molecule has 1 saturated heterocycles. The van der Waals surface area contributed by atoms with Gasteiger partial charge in [-0.15, -0.1) is 0 Å². The normalized spacial score (nSPS) is 19.4. The van der Waals surface area contributed by atoms with E-state index in [1.54, 1.807) is 6.07 Å². The molecule has 3 rings (SSSR count). The van der Waals surface area contributed by atoms with E-state index in [4.69, 9.17) is 14.2 Å². The molecule has 0 aliphatic carbocycles. The van der Waals surface area contributed by atoms with Crippen LogP contribution < -0.4 is 14.8 Å². The van der Waals surface area contributed by atoms with Crippen LogP contribution in [0, 0.1) is 0 Å². The summed E-state index contributed by atoms with van der Waals surface area (Å²) < 4.78 is 16.6. The Labute approximate surface area is 136 Å². The quantitative estimate of drug-likeness (QED) is 0.906. The van der Waals surface area contributed by atoms with Crippen LogP contribution in [-0.4, -0.2) is 63.4 Å². The van der Waals surface area contributed by atoms with E-state index in [0.717, 1.165) is 26.1 Å². The van der Waals surface area contributed by atoms with Gasteiger partial charge < -0.3 is 24.4 Å². The lowest BCUT2D eigenvalue weighted by atomic mass is 9.88. The molecule has 0 aromatic heterocycles. The molecule has 126 valence electrons. The molecule has 6 nitrogen and oxygen atoms in total. The van der Waals surface area contributed by atoms with Crippen molar-refractivity contribution in [1.29, 1.82) is 0 Å².